The van der Waals surface area contributed by atoms with Gasteiger partial charge in [0.1, 0.15) is 0 Å². The third-order valence-electron chi connectivity index (χ3n) is 13.2. The largest absolute Gasteiger partial charge is 0.107 e. The van der Waals surface area contributed by atoms with Crippen molar-refractivity contribution in [2.45, 2.75) is 93.9 Å². The minimum atomic E-state index is 0.815. The summed E-state index contributed by atoms with van der Waals surface area (Å²) in [5, 5.41) is 0. The fourth-order valence-electron chi connectivity index (χ4n) is 10.4. The first-order valence-electron chi connectivity index (χ1n) is 18.4. The number of hydrogen-bond acceptors (Lipinski definition) is 0. The van der Waals surface area contributed by atoms with E-state index in [4.69, 9.17) is 0 Å². The molecule has 0 saturated heterocycles. The van der Waals surface area contributed by atoms with Crippen LogP contribution in [0.1, 0.15) is 93.9 Å². The molecule has 0 heteroatoms. The quantitative estimate of drug-likeness (QED) is 0.145. The second kappa shape index (κ2) is 15.8. The van der Waals surface area contributed by atoms with Gasteiger partial charge in [0.25, 0.3) is 0 Å². The first-order chi connectivity index (χ1) is 22.3. The Morgan fingerprint density at radius 3 is 1.37 bits per heavy atom. The Morgan fingerprint density at radius 2 is 0.957 bits per heavy atom. The molecular formula is C46H60. The first kappa shape index (κ1) is 34.4. The highest BCUT2D eigenvalue weighted by Crippen LogP contribution is 2.66. The standard InChI is InChI=1S/C14H18.C10H12.C9H12.C5H6.2C4H6/c1-7-8(2)12-6-11(7)13-9-3-4-10(5-9)14(12)13;1-2-9-7-4-5-8(6-7)10(9)3-1;1-6-7(2)9-4-3-8(6)5-9;1-2-4-5-3-1;2*1-3-4-2/h3-4,9-14H,5-6H2,1-2H3;1-2,4-5,7-10H,3,6H2;3-4,8-9H,5H2,1-2H3;1-4H,5H2;2*1-2H3. The van der Waals surface area contributed by atoms with Crippen molar-refractivity contribution < 1.29 is 0 Å². The van der Waals surface area contributed by atoms with Gasteiger partial charge in [-0.1, -0.05) is 95.2 Å². The molecular weight excluding hydrogens is 553 g/mol. The Balaban J connectivity index is 0.000000117. The number of fused-ring (bicyclic) bond motifs is 16. The molecule has 0 heterocycles. The van der Waals surface area contributed by atoms with Gasteiger partial charge in [-0.3, -0.25) is 0 Å². The minimum absolute atomic E-state index is 0.815. The molecule has 46 heavy (non-hydrogen) atoms. The molecule has 0 nitrogen and oxygen atoms in total. The predicted molar refractivity (Wildman–Crippen MR) is 199 cm³/mol. The first-order valence-corrected chi connectivity index (χ1v) is 18.4. The molecule has 244 valence electrons. The molecule has 10 aliphatic rings. The van der Waals surface area contributed by atoms with Crippen LogP contribution in [-0.2, 0) is 0 Å². The molecule has 8 bridgehead atoms. The van der Waals surface area contributed by atoms with Gasteiger partial charge in [0.2, 0.25) is 0 Å². The summed E-state index contributed by atoms with van der Waals surface area (Å²) >= 11 is 0. The van der Waals surface area contributed by atoms with Crippen LogP contribution in [0.5, 0.6) is 0 Å². The van der Waals surface area contributed by atoms with Crippen LogP contribution in [0.3, 0.4) is 0 Å². The molecule has 0 N–H and O–H groups in total. The Hall–Kier alpha value is -2.96. The summed E-state index contributed by atoms with van der Waals surface area (Å²) in [4.78, 5) is 0. The van der Waals surface area contributed by atoms with E-state index in [-0.39, 0.29) is 0 Å². The van der Waals surface area contributed by atoms with Crippen molar-refractivity contribution in [2.75, 3.05) is 0 Å². The van der Waals surface area contributed by atoms with Crippen molar-refractivity contribution in [3.05, 3.63) is 95.2 Å². The predicted octanol–water partition coefficient (Wildman–Crippen LogP) is 11.9. The summed E-state index contributed by atoms with van der Waals surface area (Å²) in [7, 11) is 0. The highest BCUT2D eigenvalue weighted by molar-refractivity contribution is 5.36. The molecule has 12 atom stereocenters. The van der Waals surface area contributed by atoms with E-state index in [9.17, 15) is 0 Å². The van der Waals surface area contributed by atoms with Crippen LogP contribution >= 0.6 is 0 Å². The molecule has 0 aromatic rings. The van der Waals surface area contributed by atoms with E-state index < -0.39 is 0 Å². The lowest BCUT2D eigenvalue weighted by Gasteiger charge is -2.33. The van der Waals surface area contributed by atoms with E-state index in [0.717, 1.165) is 77.4 Å². The maximum absolute atomic E-state index is 2.68. The summed E-state index contributed by atoms with van der Waals surface area (Å²) in [6.07, 6.45) is 36.1. The van der Waals surface area contributed by atoms with Crippen molar-refractivity contribution in [1.82, 2.24) is 0 Å². The molecule has 3 fully saturated rings. The van der Waals surface area contributed by atoms with Gasteiger partial charge in [-0.25, -0.2) is 0 Å². The SMILES string of the molecule is C1=CC2C3C=CC(C3)C2C1.C1=CCC=C1.CC#CC.CC#CC.CC1=C(C)C2C=CC1C2.CC1=C(C)C2CC1C1C3C=CC(C3)C21. The highest BCUT2D eigenvalue weighted by Gasteiger charge is 2.59. The topological polar surface area (TPSA) is 0 Å². The summed E-state index contributed by atoms with van der Waals surface area (Å²) in [6.45, 7) is 16.6. The van der Waals surface area contributed by atoms with Crippen LogP contribution in [0.2, 0.25) is 0 Å². The van der Waals surface area contributed by atoms with E-state index >= 15 is 0 Å². The molecule has 0 aromatic carbocycles. The number of hydrogen-bond donors (Lipinski definition) is 0. The molecule has 10 rings (SSSR count). The Bertz CT molecular complexity index is 1360. The third-order valence-corrected chi connectivity index (χ3v) is 13.2. The Kier molecular flexibility index (Phi) is 11.8. The molecule has 0 amide bonds. The minimum Gasteiger partial charge on any atom is -0.107 e. The second-order valence-corrected chi connectivity index (χ2v) is 15.1. The van der Waals surface area contributed by atoms with Gasteiger partial charge in [-0.2, -0.15) is 0 Å². The lowest BCUT2D eigenvalue weighted by Crippen LogP contribution is -2.26. The van der Waals surface area contributed by atoms with Crippen LogP contribution in [-0.4, -0.2) is 0 Å². The van der Waals surface area contributed by atoms with Gasteiger partial charge in [0.15, 0.2) is 0 Å². The van der Waals surface area contributed by atoms with Crippen LogP contribution in [0.25, 0.3) is 0 Å². The lowest BCUT2D eigenvalue weighted by atomic mass is 9.71. The summed E-state index contributed by atoms with van der Waals surface area (Å²) in [5.74, 6) is 22.2. The van der Waals surface area contributed by atoms with Crippen molar-refractivity contribution in [1.29, 1.82) is 0 Å². The molecule has 0 aromatic heterocycles. The van der Waals surface area contributed by atoms with E-state index in [2.05, 4.69) is 124 Å². The molecule has 10 aliphatic carbocycles. The van der Waals surface area contributed by atoms with E-state index in [1.165, 1.54) is 32.1 Å². The van der Waals surface area contributed by atoms with Gasteiger partial charge in [-0.15, -0.1) is 23.7 Å². The van der Waals surface area contributed by atoms with Crippen LogP contribution in [0.15, 0.2) is 95.2 Å². The zero-order valence-corrected chi connectivity index (χ0v) is 30.1. The van der Waals surface area contributed by atoms with E-state index in [1.54, 1.807) is 22.3 Å². The lowest BCUT2D eigenvalue weighted by molar-refractivity contribution is 0.273. The van der Waals surface area contributed by atoms with E-state index in [1.807, 2.05) is 27.7 Å². The van der Waals surface area contributed by atoms with Crippen molar-refractivity contribution in [3.63, 3.8) is 0 Å². The second-order valence-electron chi connectivity index (χ2n) is 15.1. The third kappa shape index (κ3) is 6.99. The summed E-state index contributed by atoms with van der Waals surface area (Å²) < 4.78 is 0. The fourth-order valence-corrected chi connectivity index (χ4v) is 10.4. The van der Waals surface area contributed by atoms with Crippen LogP contribution < -0.4 is 0 Å². The van der Waals surface area contributed by atoms with Crippen LogP contribution in [0.4, 0.5) is 0 Å². The van der Waals surface area contributed by atoms with E-state index in [0.29, 0.717) is 0 Å². The summed E-state index contributed by atoms with van der Waals surface area (Å²) in [6, 6.07) is 0. The van der Waals surface area contributed by atoms with Gasteiger partial charge in [-0.05, 0) is 165 Å². The maximum atomic E-state index is 2.68. The fraction of sp³-hybridized carbons (Fsp3) is 0.565. The molecule has 0 aliphatic heterocycles. The average molecular weight is 613 g/mol. The van der Waals surface area contributed by atoms with Crippen molar-refractivity contribution in [2.24, 2.45) is 71.0 Å². The van der Waals surface area contributed by atoms with Gasteiger partial charge in [0, 0.05) is 0 Å². The monoisotopic (exact) mass is 612 g/mol. The molecule has 3 saturated carbocycles. The van der Waals surface area contributed by atoms with Crippen LogP contribution in [0, 0.1) is 94.7 Å². The zero-order chi connectivity index (χ0) is 32.8. The highest BCUT2D eigenvalue weighted by atomic mass is 14.6. The molecule has 0 spiro atoms. The molecule has 0 radical (unpaired) electrons. The van der Waals surface area contributed by atoms with Crippen molar-refractivity contribution >= 4 is 0 Å². The Morgan fingerprint density at radius 1 is 0.478 bits per heavy atom. The van der Waals surface area contributed by atoms with Gasteiger partial charge in [0.05, 0.1) is 0 Å². The normalized spacial score (nSPS) is 39.5. The Labute approximate surface area is 283 Å². The average Bonchev–Trinajstić information content (AvgIpc) is 3.91. The maximum Gasteiger partial charge on any atom is -0.00144 e. The van der Waals surface area contributed by atoms with Gasteiger partial charge < -0.3 is 0 Å². The van der Waals surface area contributed by atoms with Gasteiger partial charge >= 0.3 is 0 Å². The smallest absolute Gasteiger partial charge is 0.00144 e. The zero-order valence-electron chi connectivity index (χ0n) is 30.1. The molecule has 12 unspecified atom stereocenters. The summed E-state index contributed by atoms with van der Waals surface area (Å²) in [5.41, 5.74) is 6.78. The van der Waals surface area contributed by atoms with Crippen molar-refractivity contribution in [3.8, 4) is 23.7 Å². The number of rotatable bonds is 0. The number of allylic oxidation sites excluding steroid dienone is 16.